The van der Waals surface area contributed by atoms with Gasteiger partial charge in [0.15, 0.2) is 0 Å². The Kier molecular flexibility index (Phi) is 3.05. The van der Waals surface area contributed by atoms with Gasteiger partial charge < -0.3 is 9.31 Å². The summed E-state index contributed by atoms with van der Waals surface area (Å²) in [4.78, 5) is 8.80. The van der Waals surface area contributed by atoms with Gasteiger partial charge in [-0.25, -0.2) is 4.57 Å². The fraction of sp³-hybridized carbons (Fsp3) is 0.333. The number of phosphoric ester groups is 1. The number of rotatable bonds is 4. The van der Waals surface area contributed by atoms with Crippen molar-refractivity contribution in [3.05, 3.63) is 24.2 Å². The zero-order valence-corrected chi connectivity index (χ0v) is 7.36. The van der Waals surface area contributed by atoms with Gasteiger partial charge in [0.2, 0.25) is 0 Å². The molecule has 5 nitrogen and oxygen atoms in total. The molecule has 0 amide bonds. The quantitative estimate of drug-likeness (QED) is 0.732. The minimum absolute atomic E-state index is 0.00187. The second kappa shape index (κ2) is 3.87. The maximum absolute atomic E-state index is 10.8. The van der Waals surface area contributed by atoms with Gasteiger partial charge in [0, 0.05) is 12.7 Å². The SMILES string of the molecule is COP(=O)(O)OCc1ccoc1. The first kappa shape index (κ1) is 9.48. The molecule has 1 aromatic heterocycles. The molecule has 1 unspecified atom stereocenters. The minimum atomic E-state index is -3.86. The van der Waals surface area contributed by atoms with Crippen molar-refractivity contribution >= 4 is 7.82 Å². The van der Waals surface area contributed by atoms with Gasteiger partial charge in [0.05, 0.1) is 19.1 Å². The monoisotopic (exact) mass is 192 g/mol. The lowest BCUT2D eigenvalue weighted by atomic mass is 10.4. The lowest BCUT2D eigenvalue weighted by molar-refractivity contribution is 0.166. The van der Waals surface area contributed by atoms with Gasteiger partial charge in [-0.05, 0) is 6.07 Å². The van der Waals surface area contributed by atoms with Gasteiger partial charge in [-0.2, -0.15) is 0 Å². The van der Waals surface area contributed by atoms with E-state index in [0.717, 1.165) is 7.11 Å². The van der Waals surface area contributed by atoms with E-state index in [2.05, 4.69) is 9.05 Å². The molecule has 1 N–H and O–H groups in total. The highest BCUT2D eigenvalue weighted by atomic mass is 31.2. The van der Waals surface area contributed by atoms with Crippen molar-refractivity contribution in [2.45, 2.75) is 6.61 Å². The average molecular weight is 192 g/mol. The van der Waals surface area contributed by atoms with Crippen LogP contribution in [-0.2, 0) is 20.2 Å². The van der Waals surface area contributed by atoms with E-state index in [-0.39, 0.29) is 6.61 Å². The molecule has 0 aromatic carbocycles. The van der Waals surface area contributed by atoms with E-state index < -0.39 is 7.82 Å². The molecule has 1 aromatic rings. The van der Waals surface area contributed by atoms with Gasteiger partial charge in [-0.3, -0.25) is 9.05 Å². The molecule has 0 spiro atoms. The topological polar surface area (TPSA) is 68.9 Å². The van der Waals surface area contributed by atoms with E-state index in [9.17, 15) is 4.57 Å². The van der Waals surface area contributed by atoms with Crippen LogP contribution in [0.2, 0.25) is 0 Å². The molecule has 0 bridgehead atoms. The summed E-state index contributed by atoms with van der Waals surface area (Å²) in [7, 11) is -2.75. The number of phosphoric acid groups is 1. The third-order valence-electron chi connectivity index (χ3n) is 1.21. The average Bonchev–Trinajstić information content (AvgIpc) is 2.53. The maximum atomic E-state index is 10.8. The van der Waals surface area contributed by atoms with Crippen LogP contribution in [0.25, 0.3) is 0 Å². The summed E-state index contributed by atoms with van der Waals surface area (Å²) in [6.07, 6.45) is 2.88. The maximum Gasteiger partial charge on any atom is 0.472 e. The van der Waals surface area contributed by atoms with E-state index in [1.54, 1.807) is 6.07 Å². The van der Waals surface area contributed by atoms with Crippen LogP contribution in [0.15, 0.2) is 23.0 Å². The van der Waals surface area contributed by atoms with Gasteiger partial charge in [0.1, 0.15) is 0 Å². The molecule has 68 valence electrons. The molecule has 1 rings (SSSR count). The highest BCUT2D eigenvalue weighted by molar-refractivity contribution is 7.47. The first-order chi connectivity index (χ1) is 5.64. The fourth-order valence-electron chi connectivity index (χ4n) is 0.584. The molecule has 0 aliphatic rings. The Morgan fingerprint density at radius 2 is 2.50 bits per heavy atom. The first-order valence-electron chi connectivity index (χ1n) is 3.18. The second-order valence-electron chi connectivity index (χ2n) is 2.06. The Balaban J connectivity index is 2.41. The van der Waals surface area contributed by atoms with Crippen molar-refractivity contribution in [3.8, 4) is 0 Å². The third kappa shape index (κ3) is 2.79. The van der Waals surface area contributed by atoms with Crippen LogP contribution < -0.4 is 0 Å². The molecular weight excluding hydrogens is 183 g/mol. The summed E-state index contributed by atoms with van der Waals surface area (Å²) >= 11 is 0. The standard InChI is InChI=1S/C6H9O5P/c1-9-12(7,8)11-5-6-2-3-10-4-6/h2-4H,5H2,1H3,(H,7,8). The predicted octanol–water partition coefficient (Wildman–Crippen LogP) is 1.54. The molecule has 0 saturated heterocycles. The highest BCUT2D eigenvalue weighted by Gasteiger charge is 2.18. The minimum Gasteiger partial charge on any atom is -0.472 e. The molecule has 0 saturated carbocycles. The number of furan rings is 1. The Morgan fingerprint density at radius 3 is 3.00 bits per heavy atom. The van der Waals surface area contributed by atoms with Crippen LogP contribution in [0.1, 0.15) is 5.56 Å². The molecule has 1 heterocycles. The van der Waals surface area contributed by atoms with Crippen molar-refractivity contribution in [1.82, 2.24) is 0 Å². The second-order valence-corrected chi connectivity index (χ2v) is 3.62. The zero-order chi connectivity index (χ0) is 9.03. The largest absolute Gasteiger partial charge is 0.472 e. The van der Waals surface area contributed by atoms with Gasteiger partial charge >= 0.3 is 7.82 Å². The molecule has 0 radical (unpaired) electrons. The van der Waals surface area contributed by atoms with Crippen molar-refractivity contribution in [3.63, 3.8) is 0 Å². The predicted molar refractivity (Wildman–Crippen MR) is 40.3 cm³/mol. The third-order valence-corrected chi connectivity index (χ3v) is 2.12. The van der Waals surface area contributed by atoms with E-state index >= 15 is 0 Å². The summed E-state index contributed by atoms with van der Waals surface area (Å²) < 4.78 is 24.2. The first-order valence-corrected chi connectivity index (χ1v) is 4.68. The lowest BCUT2D eigenvalue weighted by Crippen LogP contribution is -1.91. The summed E-state index contributed by atoms with van der Waals surface area (Å²) in [5, 5.41) is 0. The van der Waals surface area contributed by atoms with Crippen LogP contribution in [0, 0.1) is 0 Å². The van der Waals surface area contributed by atoms with Crippen molar-refractivity contribution in [2.24, 2.45) is 0 Å². The van der Waals surface area contributed by atoms with Gasteiger partial charge in [-0.15, -0.1) is 0 Å². The smallest absolute Gasteiger partial charge is 0.472 e. The van der Waals surface area contributed by atoms with Crippen LogP contribution in [-0.4, -0.2) is 12.0 Å². The highest BCUT2D eigenvalue weighted by Crippen LogP contribution is 2.42. The molecule has 6 heteroatoms. The Labute approximate surface area is 69.5 Å². The molecule has 0 fully saturated rings. The van der Waals surface area contributed by atoms with Gasteiger partial charge in [0.25, 0.3) is 0 Å². The number of hydrogen-bond donors (Lipinski definition) is 1. The van der Waals surface area contributed by atoms with Crippen molar-refractivity contribution in [1.29, 1.82) is 0 Å². The summed E-state index contributed by atoms with van der Waals surface area (Å²) in [6, 6.07) is 1.63. The number of hydrogen-bond acceptors (Lipinski definition) is 4. The van der Waals surface area contributed by atoms with Crippen molar-refractivity contribution in [2.75, 3.05) is 7.11 Å². The summed E-state index contributed by atoms with van der Waals surface area (Å²) in [6.45, 7) is -0.00187. The van der Waals surface area contributed by atoms with E-state index in [1.165, 1.54) is 12.5 Å². The van der Waals surface area contributed by atoms with E-state index in [4.69, 9.17) is 9.31 Å². The Morgan fingerprint density at radius 1 is 1.75 bits per heavy atom. The lowest BCUT2D eigenvalue weighted by Gasteiger charge is -2.06. The van der Waals surface area contributed by atoms with E-state index in [1.807, 2.05) is 0 Å². The Hall–Kier alpha value is -0.610. The summed E-state index contributed by atoms with van der Waals surface area (Å²) in [5.74, 6) is 0. The van der Waals surface area contributed by atoms with Crippen LogP contribution in [0.4, 0.5) is 0 Å². The normalized spacial score (nSPS) is 15.8. The fourth-order valence-corrected chi connectivity index (χ4v) is 1.00. The molecule has 12 heavy (non-hydrogen) atoms. The van der Waals surface area contributed by atoms with E-state index in [0.29, 0.717) is 5.56 Å². The van der Waals surface area contributed by atoms with Crippen LogP contribution in [0.3, 0.4) is 0 Å². The summed E-state index contributed by atoms with van der Waals surface area (Å²) in [5.41, 5.74) is 0.682. The van der Waals surface area contributed by atoms with Crippen LogP contribution in [0.5, 0.6) is 0 Å². The van der Waals surface area contributed by atoms with Crippen LogP contribution >= 0.6 is 7.82 Å². The molecule has 1 atom stereocenters. The zero-order valence-electron chi connectivity index (χ0n) is 6.47. The Bertz CT molecular complexity index is 267. The van der Waals surface area contributed by atoms with Gasteiger partial charge in [-0.1, -0.05) is 0 Å². The molecule has 0 aliphatic heterocycles. The molecular formula is C6H9O5P. The molecule has 0 aliphatic carbocycles. The van der Waals surface area contributed by atoms with Crippen molar-refractivity contribution < 1.29 is 22.9 Å².